The van der Waals surface area contributed by atoms with Crippen LogP contribution in [0.5, 0.6) is 5.75 Å². The van der Waals surface area contributed by atoms with E-state index in [9.17, 15) is 9.90 Å². The van der Waals surface area contributed by atoms with E-state index in [2.05, 4.69) is 46.0 Å². The minimum Gasteiger partial charge on any atom is -0.487 e. The van der Waals surface area contributed by atoms with E-state index in [1.54, 1.807) is 0 Å². The van der Waals surface area contributed by atoms with Gasteiger partial charge in [-0.1, -0.05) is 55.8 Å². The highest BCUT2D eigenvalue weighted by Gasteiger charge is 2.45. The van der Waals surface area contributed by atoms with Crippen LogP contribution < -0.4 is 20.7 Å². The van der Waals surface area contributed by atoms with Crippen LogP contribution in [-0.2, 0) is 17.8 Å². The zero-order valence-corrected chi connectivity index (χ0v) is 22.8. The van der Waals surface area contributed by atoms with Crippen molar-refractivity contribution in [2.45, 2.75) is 88.7 Å². The predicted molar refractivity (Wildman–Crippen MR) is 150 cm³/mol. The number of likely N-dealkylation sites (tertiary alicyclic amines) is 1. The third kappa shape index (κ3) is 6.75. The van der Waals surface area contributed by atoms with Crippen LogP contribution in [0.15, 0.2) is 48.5 Å². The maximum absolute atomic E-state index is 13.0. The van der Waals surface area contributed by atoms with Gasteiger partial charge in [0.05, 0.1) is 12.6 Å². The van der Waals surface area contributed by atoms with E-state index in [0.717, 1.165) is 62.9 Å². The Kier molecular flexibility index (Phi) is 9.00. The molecule has 2 aromatic rings. The predicted octanol–water partition coefficient (Wildman–Crippen LogP) is 3.66. The number of benzene rings is 2. The van der Waals surface area contributed by atoms with Crippen LogP contribution in [0.25, 0.3) is 0 Å². The van der Waals surface area contributed by atoms with Gasteiger partial charge >= 0.3 is 0 Å². The molecule has 3 atom stereocenters. The number of hydrogen-bond acceptors (Lipinski definition) is 6. The first kappa shape index (κ1) is 27.1. The quantitative estimate of drug-likeness (QED) is 0.339. The molecule has 7 heteroatoms. The molecule has 2 heterocycles. The fourth-order valence-corrected chi connectivity index (χ4v) is 6.03. The molecule has 0 unspecified atom stereocenters. The first-order valence-corrected chi connectivity index (χ1v) is 14.6. The van der Waals surface area contributed by atoms with Crippen LogP contribution in [0, 0.1) is 0 Å². The Morgan fingerprint density at radius 1 is 1.08 bits per heavy atom. The van der Waals surface area contributed by atoms with Crippen molar-refractivity contribution in [3.05, 3.63) is 65.2 Å². The molecule has 206 valence electrons. The van der Waals surface area contributed by atoms with Gasteiger partial charge in [0.15, 0.2) is 0 Å². The van der Waals surface area contributed by atoms with E-state index in [1.807, 2.05) is 30.3 Å². The molecule has 1 aliphatic carbocycles. The van der Waals surface area contributed by atoms with Crippen molar-refractivity contribution in [1.82, 2.24) is 20.9 Å². The van der Waals surface area contributed by atoms with Crippen molar-refractivity contribution in [3.8, 4) is 5.75 Å². The van der Waals surface area contributed by atoms with Gasteiger partial charge in [0.1, 0.15) is 17.5 Å². The molecular formula is C31H44N4O3. The minimum absolute atomic E-state index is 0.0473. The first-order chi connectivity index (χ1) is 18.5. The molecule has 7 nitrogen and oxygen atoms in total. The molecule has 0 bridgehead atoms. The highest BCUT2D eigenvalue weighted by molar-refractivity contribution is 5.78. The monoisotopic (exact) mass is 520 g/mol. The van der Waals surface area contributed by atoms with Crippen molar-refractivity contribution in [2.75, 3.05) is 26.2 Å². The van der Waals surface area contributed by atoms with Gasteiger partial charge in [-0.05, 0) is 68.8 Å². The normalized spacial score (nSPS) is 22.1. The van der Waals surface area contributed by atoms with Crippen LogP contribution in [0.1, 0.15) is 74.6 Å². The number of ether oxygens (including phenoxy) is 1. The van der Waals surface area contributed by atoms with Crippen LogP contribution in [0.2, 0.25) is 0 Å². The lowest BCUT2D eigenvalue weighted by atomic mass is 9.72. The zero-order chi connectivity index (χ0) is 26.4. The largest absolute Gasteiger partial charge is 0.487 e. The van der Waals surface area contributed by atoms with E-state index in [-0.39, 0.29) is 17.6 Å². The standard InChI is InChI=1S/C31H44N4O3/c1-2-23-12-13-28-25(18-23)26(19-31(38-28)14-9-15-31)32-21-27(36)30(33-20-24-10-5-3-6-11-24)34-29(37)22-35-16-7-4-8-17-35/h3,5-6,10-13,18,26-27,30,32-33,36H,2,4,7-9,14-17,19-22H2,1H3,(H,34,37)/t26-,27+,30+/m0/s1. The highest BCUT2D eigenvalue weighted by atomic mass is 16.5. The molecule has 0 aromatic heterocycles. The number of piperidine rings is 1. The van der Waals surface area contributed by atoms with Gasteiger partial charge in [0.2, 0.25) is 5.91 Å². The number of amides is 1. The Bertz CT molecular complexity index is 1050. The van der Waals surface area contributed by atoms with Gasteiger partial charge in [0, 0.05) is 31.1 Å². The summed E-state index contributed by atoms with van der Waals surface area (Å²) < 4.78 is 6.48. The second kappa shape index (κ2) is 12.6. The molecule has 5 rings (SSSR count). The number of nitrogens with zero attached hydrogens (tertiary/aromatic N) is 1. The molecule has 2 aliphatic heterocycles. The second-order valence-corrected chi connectivity index (χ2v) is 11.3. The van der Waals surface area contributed by atoms with E-state index < -0.39 is 12.3 Å². The number of rotatable bonds is 11. The van der Waals surface area contributed by atoms with E-state index in [0.29, 0.717) is 19.6 Å². The van der Waals surface area contributed by atoms with E-state index >= 15 is 0 Å². The van der Waals surface area contributed by atoms with Crippen LogP contribution in [0.3, 0.4) is 0 Å². The Hall–Kier alpha value is -2.45. The lowest BCUT2D eigenvalue weighted by Crippen LogP contribution is -2.57. The molecule has 2 aromatic carbocycles. The molecule has 1 amide bonds. The molecule has 1 spiro atoms. The lowest BCUT2D eigenvalue weighted by molar-refractivity contribution is -0.124. The highest BCUT2D eigenvalue weighted by Crippen LogP contribution is 2.49. The third-order valence-electron chi connectivity index (χ3n) is 8.48. The lowest BCUT2D eigenvalue weighted by Gasteiger charge is -2.48. The zero-order valence-electron chi connectivity index (χ0n) is 22.8. The first-order valence-electron chi connectivity index (χ1n) is 14.6. The summed E-state index contributed by atoms with van der Waals surface area (Å²) in [5, 5.41) is 21.5. The van der Waals surface area contributed by atoms with Gasteiger partial charge in [-0.2, -0.15) is 0 Å². The number of carbonyl (C=O) groups is 1. The summed E-state index contributed by atoms with van der Waals surface area (Å²) in [6.07, 6.45) is 7.42. The maximum Gasteiger partial charge on any atom is 0.235 e. The summed E-state index contributed by atoms with van der Waals surface area (Å²) in [4.78, 5) is 15.2. The number of aryl methyl sites for hydroxylation is 1. The smallest absolute Gasteiger partial charge is 0.235 e. The Morgan fingerprint density at radius 3 is 2.58 bits per heavy atom. The summed E-state index contributed by atoms with van der Waals surface area (Å²) in [5.74, 6) is 0.919. The minimum atomic E-state index is -0.790. The number of aliphatic hydroxyl groups excluding tert-OH is 1. The molecule has 3 aliphatic rings. The molecular weight excluding hydrogens is 476 g/mol. The van der Waals surface area contributed by atoms with Crippen molar-refractivity contribution in [1.29, 1.82) is 0 Å². The van der Waals surface area contributed by atoms with Crippen molar-refractivity contribution in [2.24, 2.45) is 0 Å². The number of carbonyl (C=O) groups excluding carboxylic acids is 1. The summed E-state index contributed by atoms with van der Waals surface area (Å²) >= 11 is 0. The number of hydrogen-bond donors (Lipinski definition) is 4. The number of aliphatic hydroxyl groups is 1. The average molecular weight is 521 g/mol. The fourth-order valence-electron chi connectivity index (χ4n) is 6.03. The number of nitrogens with one attached hydrogen (secondary N) is 3. The number of fused-ring (bicyclic) bond motifs is 1. The molecule has 1 saturated heterocycles. The molecule has 0 radical (unpaired) electrons. The topological polar surface area (TPSA) is 85.9 Å². The summed E-state index contributed by atoms with van der Waals surface area (Å²) in [6, 6.07) is 16.7. The summed E-state index contributed by atoms with van der Waals surface area (Å²) in [7, 11) is 0. The van der Waals surface area contributed by atoms with Gasteiger partial charge in [-0.25, -0.2) is 0 Å². The molecule has 2 fully saturated rings. The van der Waals surface area contributed by atoms with Gasteiger partial charge in [-0.3, -0.25) is 15.0 Å². The van der Waals surface area contributed by atoms with Crippen LogP contribution >= 0.6 is 0 Å². The van der Waals surface area contributed by atoms with E-state index in [4.69, 9.17) is 4.74 Å². The Morgan fingerprint density at radius 2 is 1.87 bits per heavy atom. The Labute approximate surface area is 227 Å². The molecule has 1 saturated carbocycles. The fraction of sp³-hybridized carbons (Fsp3) is 0.581. The van der Waals surface area contributed by atoms with Crippen molar-refractivity contribution in [3.63, 3.8) is 0 Å². The third-order valence-corrected chi connectivity index (χ3v) is 8.48. The summed E-state index contributed by atoms with van der Waals surface area (Å²) in [5.41, 5.74) is 3.49. The van der Waals surface area contributed by atoms with Gasteiger partial charge < -0.3 is 20.5 Å². The Balaban J connectivity index is 1.25. The summed E-state index contributed by atoms with van der Waals surface area (Å²) in [6.45, 7) is 5.40. The van der Waals surface area contributed by atoms with Gasteiger partial charge in [-0.15, -0.1) is 0 Å². The molecule has 38 heavy (non-hydrogen) atoms. The van der Waals surface area contributed by atoms with E-state index in [1.165, 1.54) is 24.0 Å². The SMILES string of the molecule is CCc1ccc2c(c1)[C@@H](NC[C@@H](O)[C@H](NCc1ccccc1)NC(=O)CN1CCCCC1)CC1(CCC1)O2. The second-order valence-electron chi connectivity index (χ2n) is 11.3. The average Bonchev–Trinajstić information content (AvgIpc) is 2.93. The van der Waals surface area contributed by atoms with Crippen molar-refractivity contribution >= 4 is 5.91 Å². The van der Waals surface area contributed by atoms with Crippen molar-refractivity contribution < 1.29 is 14.6 Å². The van der Waals surface area contributed by atoms with Crippen LogP contribution in [-0.4, -0.2) is 60.0 Å². The maximum atomic E-state index is 13.0. The van der Waals surface area contributed by atoms with Crippen LogP contribution in [0.4, 0.5) is 0 Å². The van der Waals surface area contributed by atoms with Gasteiger partial charge in [0.25, 0.3) is 0 Å². The molecule has 4 N–H and O–H groups in total.